The molecule has 5 aromatic carbocycles. The smallest absolute Gasteiger partial charge is 0.399 e. The molecule has 0 spiro atoms. The molecule has 1 fully saturated rings. The minimum atomic E-state index is -0.369. The van der Waals surface area contributed by atoms with E-state index in [1.807, 2.05) is 11.8 Å². The first kappa shape index (κ1) is 26.2. The van der Waals surface area contributed by atoms with Crippen LogP contribution in [0.5, 0.6) is 0 Å². The Hall–Kier alpha value is -4.23. The van der Waals surface area contributed by atoms with Gasteiger partial charge in [0.2, 0.25) is 0 Å². The third kappa shape index (κ3) is 3.62. The second-order valence-electron chi connectivity index (χ2n) is 12.9. The van der Waals surface area contributed by atoms with E-state index in [0.717, 1.165) is 11.2 Å². The van der Waals surface area contributed by atoms with Crippen molar-refractivity contribution >= 4 is 57.2 Å². The molecule has 0 atom stereocenters. The Kier molecular flexibility index (Phi) is 5.45. The molecule has 0 bridgehead atoms. The van der Waals surface area contributed by atoms with E-state index in [4.69, 9.17) is 9.31 Å². The van der Waals surface area contributed by atoms with Crippen LogP contribution >= 0.6 is 11.8 Å². The Balaban J connectivity index is 1.24. The monoisotopic (exact) mass is 590 g/mol. The highest BCUT2D eigenvalue weighted by atomic mass is 32.2. The van der Waals surface area contributed by atoms with Crippen LogP contribution in [0.1, 0.15) is 27.7 Å². The number of aromatic nitrogens is 2. The van der Waals surface area contributed by atoms with Crippen molar-refractivity contribution in [1.29, 1.82) is 0 Å². The first-order valence-electron chi connectivity index (χ1n) is 15.2. The van der Waals surface area contributed by atoms with Crippen molar-refractivity contribution in [2.45, 2.75) is 48.7 Å². The lowest BCUT2D eigenvalue weighted by Gasteiger charge is -2.32. The lowest BCUT2D eigenvalue weighted by molar-refractivity contribution is 0.00578. The quantitative estimate of drug-likeness (QED) is 0.192. The van der Waals surface area contributed by atoms with Gasteiger partial charge >= 0.3 is 7.12 Å². The van der Waals surface area contributed by atoms with Crippen LogP contribution in [0, 0.1) is 0 Å². The zero-order valence-electron chi connectivity index (χ0n) is 25.2. The van der Waals surface area contributed by atoms with Gasteiger partial charge in [-0.1, -0.05) is 90.6 Å². The van der Waals surface area contributed by atoms with E-state index in [1.54, 1.807) is 0 Å². The van der Waals surface area contributed by atoms with E-state index in [9.17, 15) is 0 Å². The van der Waals surface area contributed by atoms with Crippen LogP contribution in [-0.2, 0) is 9.31 Å². The van der Waals surface area contributed by atoms with Crippen molar-refractivity contribution in [3.05, 3.63) is 115 Å². The summed E-state index contributed by atoms with van der Waals surface area (Å²) >= 11 is 1.86. The number of rotatable bonds is 3. The molecular weight excluding hydrogens is 559 g/mol. The molecule has 0 N–H and O–H groups in total. The molecule has 9 rings (SSSR count). The lowest BCUT2D eigenvalue weighted by atomic mass is 9.78. The summed E-state index contributed by atoms with van der Waals surface area (Å²) in [5, 5.41) is 3.86. The van der Waals surface area contributed by atoms with Gasteiger partial charge in [0.15, 0.2) is 0 Å². The maximum Gasteiger partial charge on any atom is 0.494 e. The van der Waals surface area contributed by atoms with Gasteiger partial charge in [0.25, 0.3) is 0 Å². The third-order valence-corrected chi connectivity index (χ3v) is 10.9. The fourth-order valence-corrected chi connectivity index (χ4v) is 7.88. The first-order valence-corrected chi connectivity index (χ1v) is 16.0. The van der Waals surface area contributed by atoms with E-state index in [1.165, 1.54) is 59.4 Å². The Bertz CT molecular complexity index is 2250. The summed E-state index contributed by atoms with van der Waals surface area (Å²) in [6.45, 7) is 8.38. The third-order valence-electron chi connectivity index (χ3n) is 9.76. The van der Waals surface area contributed by atoms with Crippen LogP contribution in [-0.4, -0.2) is 27.5 Å². The summed E-state index contributed by atoms with van der Waals surface area (Å²) < 4.78 is 17.6. The van der Waals surface area contributed by atoms with Crippen molar-refractivity contribution in [2.24, 2.45) is 0 Å². The molecule has 7 aromatic rings. The molecule has 1 saturated heterocycles. The van der Waals surface area contributed by atoms with Crippen molar-refractivity contribution < 1.29 is 9.31 Å². The number of fused-ring (bicyclic) bond motifs is 7. The molecule has 214 valence electrons. The largest absolute Gasteiger partial charge is 0.494 e. The summed E-state index contributed by atoms with van der Waals surface area (Å²) in [6, 6.07) is 41.8. The second kappa shape index (κ2) is 9.15. The van der Waals surface area contributed by atoms with Gasteiger partial charge in [-0.3, -0.25) is 9.13 Å². The van der Waals surface area contributed by atoms with E-state index in [2.05, 4.69) is 152 Å². The molecule has 0 unspecified atom stereocenters. The van der Waals surface area contributed by atoms with Crippen LogP contribution in [0.2, 0.25) is 0 Å². The molecule has 4 nitrogen and oxygen atoms in total. The first-order chi connectivity index (χ1) is 21.3. The molecule has 0 aliphatic carbocycles. The van der Waals surface area contributed by atoms with Gasteiger partial charge in [0.05, 0.1) is 27.9 Å². The van der Waals surface area contributed by atoms with Crippen LogP contribution in [0.25, 0.3) is 55.3 Å². The maximum absolute atomic E-state index is 6.31. The molecule has 0 amide bonds. The summed E-state index contributed by atoms with van der Waals surface area (Å²) in [5.74, 6) is 0. The molecule has 44 heavy (non-hydrogen) atoms. The Morgan fingerprint density at radius 3 is 2.07 bits per heavy atom. The van der Waals surface area contributed by atoms with Crippen LogP contribution in [0.15, 0.2) is 125 Å². The van der Waals surface area contributed by atoms with Crippen molar-refractivity contribution in [3.8, 4) is 22.5 Å². The van der Waals surface area contributed by atoms with Gasteiger partial charge in [-0.2, -0.15) is 0 Å². The second-order valence-corrected chi connectivity index (χ2v) is 14.0. The number of hydrogen-bond donors (Lipinski definition) is 0. The van der Waals surface area contributed by atoms with Gasteiger partial charge in [0, 0.05) is 31.6 Å². The minimum Gasteiger partial charge on any atom is -0.399 e. The van der Waals surface area contributed by atoms with Crippen LogP contribution in [0.4, 0.5) is 0 Å². The Labute approximate surface area is 261 Å². The average molecular weight is 591 g/mol. The molecule has 0 saturated carbocycles. The zero-order chi connectivity index (χ0) is 29.8. The highest BCUT2D eigenvalue weighted by Gasteiger charge is 2.51. The lowest BCUT2D eigenvalue weighted by Crippen LogP contribution is -2.41. The van der Waals surface area contributed by atoms with Crippen molar-refractivity contribution in [2.75, 3.05) is 0 Å². The summed E-state index contributed by atoms with van der Waals surface area (Å²) in [6.07, 6.45) is 0. The van der Waals surface area contributed by atoms with E-state index in [0.29, 0.717) is 0 Å². The normalized spacial score (nSPS) is 16.7. The Morgan fingerprint density at radius 1 is 0.614 bits per heavy atom. The van der Waals surface area contributed by atoms with Gasteiger partial charge in [-0.05, 0) is 80.7 Å². The molecule has 4 heterocycles. The topological polar surface area (TPSA) is 28.3 Å². The fourth-order valence-electron chi connectivity index (χ4n) is 6.81. The van der Waals surface area contributed by atoms with Crippen molar-refractivity contribution in [1.82, 2.24) is 9.13 Å². The van der Waals surface area contributed by atoms with E-state index >= 15 is 0 Å². The zero-order valence-corrected chi connectivity index (χ0v) is 26.0. The molecule has 0 radical (unpaired) electrons. The number of benzene rings is 5. The van der Waals surface area contributed by atoms with Gasteiger partial charge in [-0.15, -0.1) is 0 Å². The molecular formula is C38H31BN2O2S. The number of hydrogen-bond acceptors (Lipinski definition) is 3. The predicted molar refractivity (Wildman–Crippen MR) is 183 cm³/mol. The molecule has 2 aromatic heterocycles. The van der Waals surface area contributed by atoms with Gasteiger partial charge in [0.1, 0.15) is 5.65 Å². The highest BCUT2D eigenvalue weighted by Crippen LogP contribution is 2.50. The molecule has 6 heteroatoms. The van der Waals surface area contributed by atoms with E-state index < -0.39 is 0 Å². The minimum absolute atomic E-state index is 0.363. The summed E-state index contributed by atoms with van der Waals surface area (Å²) in [4.78, 5) is 2.54. The predicted octanol–water partition coefficient (Wildman–Crippen LogP) is 9.16. The van der Waals surface area contributed by atoms with Crippen molar-refractivity contribution in [3.63, 3.8) is 0 Å². The SMILES string of the molecule is CC1(C)OB(c2ccc(-c3ccc4c(c3)-n3c5c(cccc5c5c6ccccc6n(-c6ccccc6)c53)S4)cc2)OC1(C)C. The molecule has 2 aliphatic heterocycles. The standard InChI is InChI=1S/C38H31BN2O2S/c1-37(2)38(3,4)43-39(42-37)26-20-17-24(18-21-26)25-19-22-32-31(23-25)41-35-29(14-10-16-33(35)44-32)34-28-13-8-9-15-30(28)40(36(34)41)27-11-6-5-7-12-27/h5-23H,1-4H3. The number of para-hydroxylation sites is 3. The Morgan fingerprint density at radius 2 is 1.30 bits per heavy atom. The average Bonchev–Trinajstić information content (AvgIpc) is 3.63. The van der Waals surface area contributed by atoms with Gasteiger partial charge < -0.3 is 9.31 Å². The molecule has 2 aliphatic rings. The van der Waals surface area contributed by atoms with Crippen LogP contribution in [0.3, 0.4) is 0 Å². The van der Waals surface area contributed by atoms with E-state index in [-0.39, 0.29) is 18.3 Å². The van der Waals surface area contributed by atoms with Gasteiger partial charge in [-0.25, -0.2) is 0 Å². The summed E-state index contributed by atoms with van der Waals surface area (Å²) in [5.41, 5.74) is 8.73. The number of nitrogens with zero attached hydrogens (tertiary/aromatic N) is 2. The van der Waals surface area contributed by atoms with Crippen LogP contribution < -0.4 is 5.46 Å². The summed E-state index contributed by atoms with van der Waals surface area (Å²) in [7, 11) is -0.369. The highest BCUT2D eigenvalue weighted by molar-refractivity contribution is 7.99. The maximum atomic E-state index is 6.31. The fraction of sp³-hybridized carbons (Fsp3) is 0.158.